The quantitative estimate of drug-likeness (QED) is 0.562. The molecule has 2 rings (SSSR count). The highest BCUT2D eigenvalue weighted by molar-refractivity contribution is 5.82. The van der Waals surface area contributed by atoms with Gasteiger partial charge in [0.1, 0.15) is 0 Å². The lowest BCUT2D eigenvalue weighted by Crippen LogP contribution is -2.22. The van der Waals surface area contributed by atoms with Gasteiger partial charge < -0.3 is 18.3 Å². The van der Waals surface area contributed by atoms with Crippen LogP contribution < -0.4 is 9.47 Å². The van der Waals surface area contributed by atoms with Crippen molar-refractivity contribution < 1.29 is 37.5 Å². The van der Waals surface area contributed by atoms with Crippen molar-refractivity contribution in [2.24, 2.45) is 5.92 Å². The summed E-state index contributed by atoms with van der Waals surface area (Å²) in [6, 6.07) is 5.32. The fourth-order valence-electron chi connectivity index (χ4n) is 1.59. The summed E-state index contributed by atoms with van der Waals surface area (Å²) in [4.78, 5) is 44.4. The van der Waals surface area contributed by atoms with Crippen LogP contribution in [0.4, 0.5) is 0 Å². The molecule has 1 unspecified atom stereocenters. The van der Waals surface area contributed by atoms with Crippen molar-refractivity contribution in [2.45, 2.75) is 13.3 Å². The van der Waals surface area contributed by atoms with E-state index in [-0.39, 0.29) is 29.8 Å². The number of ether oxygens (including phenoxy) is 2. The van der Waals surface area contributed by atoms with Crippen LogP contribution in [0.5, 0.6) is 11.9 Å². The summed E-state index contributed by atoms with van der Waals surface area (Å²) >= 11 is 0. The second-order valence-corrected chi connectivity index (χ2v) is 4.55. The van der Waals surface area contributed by atoms with Crippen LogP contribution in [-0.2, 0) is 9.59 Å². The molecule has 0 aromatic carbocycles. The Morgan fingerprint density at radius 2 is 1.52 bits per heavy atom. The Labute approximate surface area is 130 Å². The Bertz CT molecular complexity index is 723. The van der Waals surface area contributed by atoms with E-state index in [4.69, 9.17) is 18.3 Å². The average Bonchev–Trinajstić information content (AvgIpc) is 3.15. The largest absolute Gasteiger partial charge is 0.422 e. The van der Waals surface area contributed by atoms with Crippen LogP contribution in [0.1, 0.15) is 34.5 Å². The third-order valence-corrected chi connectivity index (χ3v) is 2.73. The summed E-state index contributed by atoms with van der Waals surface area (Å²) < 4.78 is 19.5. The highest BCUT2D eigenvalue weighted by Gasteiger charge is 2.22. The SMILES string of the molecule is CC(CC(=O)Oc1ccc(C=O)o1)C(=O)Oc1ccc(C=O)o1. The van der Waals surface area contributed by atoms with Gasteiger partial charge in [-0.15, -0.1) is 0 Å². The van der Waals surface area contributed by atoms with E-state index in [1.165, 1.54) is 31.2 Å². The average molecular weight is 320 g/mol. The Morgan fingerprint density at radius 1 is 1.00 bits per heavy atom. The van der Waals surface area contributed by atoms with Gasteiger partial charge in [0.05, 0.1) is 12.3 Å². The van der Waals surface area contributed by atoms with Crippen molar-refractivity contribution in [3.8, 4) is 11.9 Å². The number of carbonyl (C=O) groups excluding carboxylic acids is 4. The molecule has 0 radical (unpaired) electrons. The molecular weight excluding hydrogens is 308 g/mol. The van der Waals surface area contributed by atoms with Gasteiger partial charge in [-0.25, -0.2) is 0 Å². The van der Waals surface area contributed by atoms with Crippen LogP contribution >= 0.6 is 0 Å². The first-order valence-electron chi connectivity index (χ1n) is 6.54. The molecule has 2 aromatic heterocycles. The van der Waals surface area contributed by atoms with E-state index < -0.39 is 17.9 Å². The van der Waals surface area contributed by atoms with Gasteiger partial charge in [0.15, 0.2) is 24.1 Å². The van der Waals surface area contributed by atoms with Crippen LogP contribution in [0, 0.1) is 5.92 Å². The second-order valence-electron chi connectivity index (χ2n) is 4.55. The number of esters is 2. The highest BCUT2D eigenvalue weighted by Crippen LogP contribution is 2.19. The van der Waals surface area contributed by atoms with Gasteiger partial charge in [-0.2, -0.15) is 0 Å². The maximum Gasteiger partial charge on any atom is 0.317 e. The second kappa shape index (κ2) is 7.21. The zero-order valence-corrected chi connectivity index (χ0v) is 12.0. The molecule has 120 valence electrons. The standard InChI is InChI=1S/C15H12O8/c1-9(15(19)23-14-5-3-11(8-17)21-14)6-12(18)22-13-4-2-10(7-16)20-13/h2-5,7-9H,6H2,1H3. The molecule has 0 aliphatic heterocycles. The minimum Gasteiger partial charge on any atom is -0.422 e. The maximum absolute atomic E-state index is 11.8. The van der Waals surface area contributed by atoms with E-state index in [1.807, 2.05) is 0 Å². The lowest BCUT2D eigenvalue weighted by Gasteiger charge is -2.08. The summed E-state index contributed by atoms with van der Waals surface area (Å²) in [7, 11) is 0. The zero-order valence-electron chi connectivity index (χ0n) is 12.0. The molecule has 8 heteroatoms. The summed E-state index contributed by atoms with van der Waals surface area (Å²) in [6.07, 6.45) is 0.667. The molecule has 0 bridgehead atoms. The number of hydrogen-bond donors (Lipinski definition) is 0. The fraction of sp³-hybridized carbons (Fsp3) is 0.200. The fourth-order valence-corrected chi connectivity index (χ4v) is 1.59. The molecule has 0 fully saturated rings. The monoisotopic (exact) mass is 320 g/mol. The van der Waals surface area contributed by atoms with Gasteiger partial charge in [-0.3, -0.25) is 19.2 Å². The molecule has 1 atom stereocenters. The van der Waals surface area contributed by atoms with E-state index in [0.717, 1.165) is 0 Å². The van der Waals surface area contributed by atoms with E-state index in [0.29, 0.717) is 12.6 Å². The number of furan rings is 2. The van der Waals surface area contributed by atoms with Crippen LogP contribution in [-0.4, -0.2) is 24.5 Å². The van der Waals surface area contributed by atoms with Gasteiger partial charge in [0, 0.05) is 12.1 Å². The Balaban J connectivity index is 1.85. The third kappa shape index (κ3) is 4.40. The van der Waals surface area contributed by atoms with Crippen LogP contribution in [0.15, 0.2) is 33.1 Å². The predicted octanol–water partition coefficient (Wildman–Crippen LogP) is 2.03. The van der Waals surface area contributed by atoms with Crippen LogP contribution in [0.3, 0.4) is 0 Å². The molecular formula is C15H12O8. The number of rotatable bonds is 7. The third-order valence-electron chi connectivity index (χ3n) is 2.73. The summed E-state index contributed by atoms with van der Waals surface area (Å²) in [5, 5.41) is 0. The van der Waals surface area contributed by atoms with Crippen molar-refractivity contribution >= 4 is 24.5 Å². The van der Waals surface area contributed by atoms with Crippen LogP contribution in [0.25, 0.3) is 0 Å². The van der Waals surface area contributed by atoms with Crippen molar-refractivity contribution in [2.75, 3.05) is 0 Å². The molecule has 0 amide bonds. The summed E-state index contributed by atoms with van der Waals surface area (Å²) in [6.45, 7) is 1.46. The number of carbonyl (C=O) groups is 4. The van der Waals surface area contributed by atoms with Gasteiger partial charge in [0.2, 0.25) is 0 Å². The lowest BCUT2D eigenvalue weighted by atomic mass is 10.1. The first-order chi connectivity index (χ1) is 11.0. The smallest absolute Gasteiger partial charge is 0.317 e. The Hall–Kier alpha value is -3.16. The molecule has 2 aromatic rings. The molecule has 0 saturated heterocycles. The zero-order chi connectivity index (χ0) is 16.8. The van der Waals surface area contributed by atoms with Gasteiger partial charge in [0.25, 0.3) is 11.9 Å². The van der Waals surface area contributed by atoms with Crippen molar-refractivity contribution in [1.29, 1.82) is 0 Å². The van der Waals surface area contributed by atoms with Crippen molar-refractivity contribution in [1.82, 2.24) is 0 Å². The normalized spacial score (nSPS) is 11.5. The summed E-state index contributed by atoms with van der Waals surface area (Å²) in [5.74, 6) is -2.50. The number of aldehydes is 2. The first-order valence-corrected chi connectivity index (χ1v) is 6.54. The first kappa shape index (κ1) is 16.2. The topological polar surface area (TPSA) is 113 Å². The molecule has 23 heavy (non-hydrogen) atoms. The molecule has 0 spiro atoms. The Morgan fingerprint density at radius 3 is 2.00 bits per heavy atom. The van der Waals surface area contributed by atoms with Gasteiger partial charge in [-0.1, -0.05) is 6.92 Å². The molecule has 0 aliphatic carbocycles. The minimum absolute atomic E-state index is 0.0173. The molecule has 2 heterocycles. The Kier molecular flexibility index (Phi) is 5.08. The minimum atomic E-state index is -0.812. The molecule has 8 nitrogen and oxygen atoms in total. The van der Waals surface area contributed by atoms with Crippen LogP contribution in [0.2, 0.25) is 0 Å². The predicted molar refractivity (Wildman–Crippen MR) is 73.2 cm³/mol. The molecule has 0 N–H and O–H groups in total. The molecule has 0 aliphatic rings. The lowest BCUT2D eigenvalue weighted by molar-refractivity contribution is -0.145. The number of hydrogen-bond acceptors (Lipinski definition) is 8. The van der Waals surface area contributed by atoms with Crippen molar-refractivity contribution in [3.63, 3.8) is 0 Å². The van der Waals surface area contributed by atoms with Gasteiger partial charge >= 0.3 is 11.9 Å². The summed E-state index contributed by atoms with van der Waals surface area (Å²) in [5.41, 5.74) is 0. The van der Waals surface area contributed by atoms with E-state index in [9.17, 15) is 19.2 Å². The van der Waals surface area contributed by atoms with Crippen molar-refractivity contribution in [3.05, 3.63) is 35.8 Å². The maximum atomic E-state index is 11.8. The van der Waals surface area contributed by atoms with E-state index in [2.05, 4.69) is 0 Å². The van der Waals surface area contributed by atoms with E-state index in [1.54, 1.807) is 0 Å². The van der Waals surface area contributed by atoms with E-state index >= 15 is 0 Å². The highest BCUT2D eigenvalue weighted by atomic mass is 16.6. The molecule has 0 saturated carbocycles. The van der Waals surface area contributed by atoms with Gasteiger partial charge in [-0.05, 0) is 12.1 Å².